The molecule has 1 aliphatic heterocycles. The van der Waals surface area contributed by atoms with Gasteiger partial charge in [0.15, 0.2) is 0 Å². The lowest BCUT2D eigenvalue weighted by molar-refractivity contribution is -0.141. The highest BCUT2D eigenvalue weighted by atomic mass is 19.4. The number of carbonyl (C=O) groups is 3. The minimum Gasteiger partial charge on any atom is -0.474 e. The molecule has 4 rings (SSSR count). The summed E-state index contributed by atoms with van der Waals surface area (Å²) in [7, 11) is 0. The van der Waals surface area contributed by atoms with Gasteiger partial charge in [0.1, 0.15) is 41.0 Å². The van der Waals surface area contributed by atoms with Crippen LogP contribution in [0.3, 0.4) is 0 Å². The summed E-state index contributed by atoms with van der Waals surface area (Å²) >= 11 is 0. The first-order valence-corrected chi connectivity index (χ1v) is 14.9. The fraction of sp³-hybridized carbons (Fsp3) is 0.419. The number of benzene rings is 1. The lowest BCUT2D eigenvalue weighted by Crippen LogP contribution is -2.47. The van der Waals surface area contributed by atoms with Crippen molar-refractivity contribution in [2.24, 2.45) is 0 Å². The molecular formula is C31H34F5N7O5. The third-order valence-corrected chi connectivity index (χ3v) is 7.58. The highest BCUT2D eigenvalue weighted by Crippen LogP contribution is 2.35. The Morgan fingerprint density at radius 3 is 2.33 bits per heavy atom. The first kappa shape index (κ1) is 35.9. The Morgan fingerprint density at radius 2 is 1.69 bits per heavy atom. The number of aliphatic hydroxyl groups is 1. The smallest absolute Gasteiger partial charge is 0.433 e. The van der Waals surface area contributed by atoms with E-state index in [4.69, 9.17) is 4.74 Å². The molecule has 258 valence electrons. The summed E-state index contributed by atoms with van der Waals surface area (Å²) in [5, 5.41) is 19.3. The second-order valence-corrected chi connectivity index (χ2v) is 11.2. The van der Waals surface area contributed by atoms with Gasteiger partial charge < -0.3 is 30.7 Å². The molecule has 1 fully saturated rings. The van der Waals surface area contributed by atoms with Crippen LogP contribution < -0.4 is 20.7 Å². The van der Waals surface area contributed by atoms with Crippen LogP contribution in [0.4, 0.5) is 32.4 Å². The molecule has 48 heavy (non-hydrogen) atoms. The van der Waals surface area contributed by atoms with Crippen molar-refractivity contribution in [1.82, 2.24) is 30.5 Å². The van der Waals surface area contributed by atoms with Gasteiger partial charge in [0.2, 0.25) is 17.7 Å². The van der Waals surface area contributed by atoms with Crippen LogP contribution in [0, 0.1) is 18.6 Å². The van der Waals surface area contributed by atoms with Gasteiger partial charge in [0.25, 0.3) is 0 Å². The number of likely N-dealkylation sites (tertiary alicyclic amines) is 1. The number of hydrogen-bond acceptors (Lipinski definition) is 8. The maximum absolute atomic E-state index is 14.1. The molecule has 3 aromatic rings. The number of alkyl halides is 3. The fourth-order valence-electron chi connectivity index (χ4n) is 5.07. The van der Waals surface area contributed by atoms with Gasteiger partial charge in [-0.1, -0.05) is 12.1 Å². The van der Waals surface area contributed by atoms with Gasteiger partial charge in [-0.2, -0.15) is 13.2 Å². The van der Waals surface area contributed by atoms with E-state index < -0.39 is 65.8 Å². The lowest BCUT2D eigenvalue weighted by Gasteiger charge is -2.35. The number of nitrogens with one attached hydrogen (secondary N) is 3. The van der Waals surface area contributed by atoms with Gasteiger partial charge in [0, 0.05) is 56.7 Å². The van der Waals surface area contributed by atoms with Crippen molar-refractivity contribution < 1.29 is 46.2 Å². The van der Waals surface area contributed by atoms with Crippen LogP contribution >= 0.6 is 0 Å². The Bertz CT molecular complexity index is 1620. The van der Waals surface area contributed by atoms with Crippen LogP contribution in [-0.2, 0) is 21.4 Å². The molecule has 0 spiro atoms. The number of ether oxygens (including phenoxy) is 1. The van der Waals surface area contributed by atoms with Gasteiger partial charge in [0.05, 0.1) is 12.2 Å². The Balaban J connectivity index is 1.55. The van der Waals surface area contributed by atoms with Crippen LogP contribution in [0.25, 0.3) is 0 Å². The Hall–Kier alpha value is -4.93. The van der Waals surface area contributed by atoms with Crippen LogP contribution in [-0.4, -0.2) is 75.6 Å². The molecular weight excluding hydrogens is 645 g/mol. The van der Waals surface area contributed by atoms with Crippen molar-refractivity contribution in [2.75, 3.05) is 38.1 Å². The zero-order chi connectivity index (χ0) is 35.1. The van der Waals surface area contributed by atoms with Crippen LogP contribution in [0.1, 0.15) is 54.9 Å². The van der Waals surface area contributed by atoms with Crippen LogP contribution in [0.2, 0.25) is 0 Å². The standard InChI is InChI=1S/C31H34F5N7O5/c1-18-38-15-21(27(40-18)20-10-13-43(14-11-20)29(46)42-28-22(32)5-3-6-23(28)33)30(47,16-39-25(45)9-12-37-19(2)44)17-48-26-8-4-7-24(41-26)31(34,35)36/h3-8,15,20,47H,9-14,16-17H2,1-2H3,(H,37,44)(H,39,45)(H,42,46). The molecule has 0 bridgehead atoms. The number of carbonyl (C=O) groups excluding carboxylic acids is 3. The van der Waals surface area contributed by atoms with Crippen molar-refractivity contribution in [3.05, 3.63) is 77.0 Å². The maximum atomic E-state index is 14.1. The summed E-state index contributed by atoms with van der Waals surface area (Å²) in [5.41, 5.74) is -3.38. The molecule has 12 nitrogen and oxygen atoms in total. The summed E-state index contributed by atoms with van der Waals surface area (Å²) in [6.45, 7) is 2.09. The predicted octanol–water partition coefficient (Wildman–Crippen LogP) is 3.80. The molecule has 0 saturated carbocycles. The Labute approximate surface area is 272 Å². The molecule has 4 amide bonds. The first-order chi connectivity index (χ1) is 22.7. The maximum Gasteiger partial charge on any atom is 0.433 e. The van der Waals surface area contributed by atoms with E-state index in [-0.39, 0.29) is 43.4 Å². The highest BCUT2D eigenvalue weighted by molar-refractivity contribution is 5.89. The summed E-state index contributed by atoms with van der Waals surface area (Å²) in [6, 6.07) is 5.54. The highest BCUT2D eigenvalue weighted by Gasteiger charge is 2.38. The van der Waals surface area contributed by atoms with Crippen molar-refractivity contribution in [2.45, 2.75) is 50.8 Å². The number of anilines is 1. The van der Waals surface area contributed by atoms with E-state index in [0.717, 1.165) is 24.3 Å². The first-order valence-electron chi connectivity index (χ1n) is 14.9. The molecule has 0 radical (unpaired) electrons. The SMILES string of the molecule is CC(=O)NCCC(=O)NCC(O)(COc1cccc(C(F)(F)F)n1)c1cnc(C)nc1C1CCN(C(=O)Nc2c(F)cccc2F)CC1. The van der Waals surface area contributed by atoms with Crippen molar-refractivity contribution in [1.29, 1.82) is 0 Å². The van der Waals surface area contributed by atoms with E-state index in [1.54, 1.807) is 6.92 Å². The average Bonchev–Trinajstić information content (AvgIpc) is 3.04. The van der Waals surface area contributed by atoms with E-state index in [1.807, 2.05) is 0 Å². The number of urea groups is 1. The Morgan fingerprint density at radius 1 is 1.02 bits per heavy atom. The monoisotopic (exact) mass is 679 g/mol. The molecule has 1 aliphatic rings. The van der Waals surface area contributed by atoms with Crippen molar-refractivity contribution >= 4 is 23.5 Å². The summed E-state index contributed by atoms with van der Waals surface area (Å²) in [5.74, 6) is -3.20. The number of hydrogen-bond donors (Lipinski definition) is 4. The molecule has 2 aromatic heterocycles. The molecule has 1 saturated heterocycles. The number of aromatic nitrogens is 3. The van der Waals surface area contributed by atoms with Gasteiger partial charge in [-0.15, -0.1) is 0 Å². The van der Waals surface area contributed by atoms with E-state index in [1.165, 1.54) is 30.2 Å². The topological polar surface area (TPSA) is 159 Å². The average molecular weight is 680 g/mol. The van der Waals surface area contributed by atoms with Gasteiger partial charge in [-0.3, -0.25) is 9.59 Å². The van der Waals surface area contributed by atoms with Crippen molar-refractivity contribution in [3.63, 3.8) is 0 Å². The lowest BCUT2D eigenvalue weighted by atomic mass is 9.84. The number of pyridine rings is 1. The fourth-order valence-corrected chi connectivity index (χ4v) is 5.07. The third kappa shape index (κ3) is 9.33. The van der Waals surface area contributed by atoms with E-state index in [0.29, 0.717) is 24.4 Å². The number of aryl methyl sites for hydroxylation is 1. The van der Waals surface area contributed by atoms with Gasteiger partial charge in [-0.05, 0) is 38.0 Å². The third-order valence-electron chi connectivity index (χ3n) is 7.58. The normalized spacial score (nSPS) is 15.0. The minimum absolute atomic E-state index is 0.0266. The minimum atomic E-state index is -4.75. The molecule has 1 aromatic carbocycles. The van der Waals surface area contributed by atoms with Gasteiger partial charge in [-0.25, -0.2) is 28.5 Å². The van der Waals surface area contributed by atoms with E-state index >= 15 is 0 Å². The number of amides is 4. The van der Waals surface area contributed by atoms with Crippen LogP contribution in [0.15, 0.2) is 42.6 Å². The predicted molar refractivity (Wildman–Crippen MR) is 161 cm³/mol. The van der Waals surface area contributed by atoms with E-state index in [9.17, 15) is 41.4 Å². The number of halogens is 5. The number of para-hydroxylation sites is 1. The molecule has 3 heterocycles. The Kier molecular flexibility index (Phi) is 11.5. The molecule has 1 unspecified atom stereocenters. The van der Waals surface area contributed by atoms with Crippen molar-refractivity contribution in [3.8, 4) is 5.88 Å². The zero-order valence-electron chi connectivity index (χ0n) is 26.0. The summed E-state index contributed by atoms with van der Waals surface area (Å²) in [6.07, 6.45) is -2.91. The second kappa shape index (κ2) is 15.3. The van der Waals surface area contributed by atoms with E-state index in [2.05, 4.69) is 30.9 Å². The molecule has 17 heteroatoms. The number of nitrogens with zero attached hydrogens (tertiary/aromatic N) is 4. The molecule has 0 aliphatic carbocycles. The largest absolute Gasteiger partial charge is 0.474 e. The molecule has 1 atom stereocenters. The second-order valence-electron chi connectivity index (χ2n) is 11.2. The quantitative estimate of drug-likeness (QED) is 0.223. The number of rotatable bonds is 11. The van der Waals surface area contributed by atoms with Crippen LogP contribution in [0.5, 0.6) is 5.88 Å². The number of piperidine rings is 1. The summed E-state index contributed by atoms with van der Waals surface area (Å²) < 4.78 is 73.5. The molecule has 4 N–H and O–H groups in total. The van der Waals surface area contributed by atoms with Gasteiger partial charge >= 0.3 is 12.2 Å². The zero-order valence-corrected chi connectivity index (χ0v) is 26.0. The summed E-state index contributed by atoms with van der Waals surface area (Å²) in [4.78, 5) is 50.2.